The average molecular weight is 247 g/mol. The number of nitrogens with two attached hydrogens (primary N) is 1. The third-order valence-electron chi connectivity index (χ3n) is 3.07. The topological polar surface area (TPSA) is 84.2 Å². The maximum Gasteiger partial charge on any atom is 0.228 e. The number of rotatable bonds is 3. The number of aryl methyl sites for hydroxylation is 1. The van der Waals surface area contributed by atoms with Crippen LogP contribution in [0.2, 0.25) is 0 Å². The van der Waals surface area contributed by atoms with E-state index in [4.69, 9.17) is 5.73 Å². The fourth-order valence-electron chi connectivity index (χ4n) is 1.82. The lowest BCUT2D eigenvalue weighted by Gasteiger charge is -2.18. The van der Waals surface area contributed by atoms with E-state index >= 15 is 0 Å². The van der Waals surface area contributed by atoms with Crippen LogP contribution in [-0.2, 0) is 16.0 Å². The predicted octanol–water partition coefficient (Wildman–Crippen LogP) is 1.10. The fourth-order valence-corrected chi connectivity index (χ4v) is 1.82. The Morgan fingerprint density at radius 2 is 2.28 bits per heavy atom. The first-order chi connectivity index (χ1) is 8.60. The van der Waals surface area contributed by atoms with Gasteiger partial charge in [0.05, 0.1) is 0 Å². The van der Waals surface area contributed by atoms with Gasteiger partial charge in [-0.15, -0.1) is 0 Å². The molecule has 1 aliphatic rings. The summed E-state index contributed by atoms with van der Waals surface area (Å²) in [6.07, 6.45) is 1.26. The van der Waals surface area contributed by atoms with E-state index in [0.29, 0.717) is 18.7 Å². The molecule has 2 amide bonds. The first-order valence-corrected chi connectivity index (χ1v) is 6.04. The summed E-state index contributed by atoms with van der Waals surface area (Å²) in [7, 11) is 0. The number of hydrogen-bond donors (Lipinski definition) is 3. The number of hydrogen-bond acceptors (Lipinski definition) is 3. The molecule has 1 aromatic rings. The lowest BCUT2D eigenvalue weighted by molar-refractivity contribution is -0.119. The van der Waals surface area contributed by atoms with E-state index in [1.165, 1.54) is 0 Å². The summed E-state index contributed by atoms with van der Waals surface area (Å²) in [4.78, 5) is 23.0. The van der Waals surface area contributed by atoms with Gasteiger partial charge in [0.15, 0.2) is 0 Å². The highest BCUT2D eigenvalue weighted by Gasteiger charge is 2.16. The molecule has 0 saturated heterocycles. The van der Waals surface area contributed by atoms with Crippen molar-refractivity contribution in [1.29, 1.82) is 0 Å². The Kier molecular flexibility index (Phi) is 3.62. The molecular formula is C13H17N3O2. The van der Waals surface area contributed by atoms with Crippen molar-refractivity contribution < 1.29 is 9.59 Å². The average Bonchev–Trinajstić information content (AvgIpc) is 2.37. The lowest BCUT2D eigenvalue weighted by Crippen LogP contribution is -2.27. The monoisotopic (exact) mass is 247 g/mol. The van der Waals surface area contributed by atoms with Gasteiger partial charge >= 0.3 is 0 Å². The third kappa shape index (κ3) is 2.68. The molecule has 1 atom stereocenters. The number of carbonyl (C=O) groups is 2. The summed E-state index contributed by atoms with van der Waals surface area (Å²) in [6.45, 7) is 2.09. The minimum Gasteiger partial charge on any atom is -0.330 e. The van der Waals surface area contributed by atoms with E-state index in [-0.39, 0.29) is 17.7 Å². The van der Waals surface area contributed by atoms with Crippen molar-refractivity contribution in [2.75, 3.05) is 17.2 Å². The Bertz CT molecular complexity index is 485. The fraction of sp³-hybridized carbons (Fsp3) is 0.385. The van der Waals surface area contributed by atoms with Crippen LogP contribution in [0, 0.1) is 5.92 Å². The highest BCUT2D eigenvalue weighted by molar-refractivity contribution is 5.96. The molecule has 1 aromatic carbocycles. The van der Waals surface area contributed by atoms with Crippen molar-refractivity contribution in [3.8, 4) is 0 Å². The van der Waals surface area contributed by atoms with Gasteiger partial charge in [0.2, 0.25) is 11.8 Å². The minimum absolute atomic E-state index is 0.0151. The van der Waals surface area contributed by atoms with Crippen molar-refractivity contribution in [3.63, 3.8) is 0 Å². The molecule has 1 aliphatic heterocycles. The van der Waals surface area contributed by atoms with Crippen LogP contribution in [0.5, 0.6) is 0 Å². The van der Waals surface area contributed by atoms with Crippen molar-refractivity contribution in [2.45, 2.75) is 19.8 Å². The van der Waals surface area contributed by atoms with Crippen LogP contribution in [-0.4, -0.2) is 18.4 Å². The Morgan fingerprint density at radius 3 is 3.00 bits per heavy atom. The second-order valence-corrected chi connectivity index (χ2v) is 4.55. The predicted molar refractivity (Wildman–Crippen MR) is 70.2 cm³/mol. The zero-order chi connectivity index (χ0) is 13.1. The molecule has 1 unspecified atom stereocenters. The Balaban J connectivity index is 2.13. The highest BCUT2D eigenvalue weighted by Crippen LogP contribution is 2.26. The number of benzene rings is 1. The first-order valence-electron chi connectivity index (χ1n) is 6.04. The smallest absolute Gasteiger partial charge is 0.228 e. The number of amides is 2. The van der Waals surface area contributed by atoms with Crippen LogP contribution < -0.4 is 16.4 Å². The van der Waals surface area contributed by atoms with E-state index in [0.717, 1.165) is 17.7 Å². The van der Waals surface area contributed by atoms with E-state index in [9.17, 15) is 9.59 Å². The van der Waals surface area contributed by atoms with Gasteiger partial charge in [-0.3, -0.25) is 9.59 Å². The van der Waals surface area contributed by atoms with E-state index in [1.807, 2.05) is 12.1 Å². The van der Waals surface area contributed by atoms with Crippen LogP contribution in [0.1, 0.15) is 18.9 Å². The second kappa shape index (κ2) is 5.18. The summed E-state index contributed by atoms with van der Waals surface area (Å²) in [6, 6.07) is 5.56. The maximum atomic E-state index is 11.7. The van der Waals surface area contributed by atoms with Crippen LogP contribution in [0.25, 0.3) is 0 Å². The summed E-state index contributed by atoms with van der Waals surface area (Å²) in [5.41, 5.74) is 8.00. The summed E-state index contributed by atoms with van der Waals surface area (Å²) in [5.74, 6) is -0.323. The number of fused-ring (bicyclic) bond motifs is 1. The van der Waals surface area contributed by atoms with E-state index in [1.54, 1.807) is 13.0 Å². The van der Waals surface area contributed by atoms with Crippen molar-refractivity contribution in [2.24, 2.45) is 11.7 Å². The largest absolute Gasteiger partial charge is 0.330 e. The SMILES string of the molecule is CC(CN)C(=O)Nc1ccc2c(c1)NC(=O)CC2. The van der Waals surface area contributed by atoms with Gasteiger partial charge in [0.1, 0.15) is 0 Å². The summed E-state index contributed by atoms with van der Waals surface area (Å²) >= 11 is 0. The molecule has 0 bridgehead atoms. The highest BCUT2D eigenvalue weighted by atomic mass is 16.2. The quantitative estimate of drug-likeness (QED) is 0.748. The van der Waals surface area contributed by atoms with Crippen LogP contribution in [0.3, 0.4) is 0 Å². The normalized spacial score (nSPS) is 15.6. The molecule has 0 aliphatic carbocycles. The second-order valence-electron chi connectivity index (χ2n) is 4.55. The summed E-state index contributed by atoms with van der Waals surface area (Å²) < 4.78 is 0. The van der Waals surface area contributed by atoms with Gasteiger partial charge in [0, 0.05) is 30.3 Å². The Labute approximate surface area is 106 Å². The van der Waals surface area contributed by atoms with Gasteiger partial charge < -0.3 is 16.4 Å². The van der Waals surface area contributed by atoms with Crippen LogP contribution >= 0.6 is 0 Å². The third-order valence-corrected chi connectivity index (χ3v) is 3.07. The zero-order valence-electron chi connectivity index (χ0n) is 10.3. The van der Waals surface area contributed by atoms with Crippen molar-refractivity contribution in [3.05, 3.63) is 23.8 Å². The lowest BCUT2D eigenvalue weighted by atomic mass is 10.0. The molecule has 1 heterocycles. The molecule has 5 heteroatoms. The molecular weight excluding hydrogens is 230 g/mol. The summed E-state index contributed by atoms with van der Waals surface area (Å²) in [5, 5.41) is 5.59. The molecule has 0 fully saturated rings. The molecule has 0 spiro atoms. The zero-order valence-corrected chi connectivity index (χ0v) is 10.3. The van der Waals surface area contributed by atoms with Gasteiger partial charge in [-0.25, -0.2) is 0 Å². The number of carbonyl (C=O) groups excluding carboxylic acids is 2. The standard InChI is InChI=1S/C13H17N3O2/c1-8(7-14)13(18)15-10-4-2-9-3-5-12(17)16-11(9)6-10/h2,4,6,8H,3,5,7,14H2,1H3,(H,15,18)(H,16,17). The van der Waals surface area contributed by atoms with Crippen LogP contribution in [0.15, 0.2) is 18.2 Å². The Hall–Kier alpha value is -1.88. The van der Waals surface area contributed by atoms with E-state index in [2.05, 4.69) is 10.6 Å². The van der Waals surface area contributed by atoms with Gasteiger partial charge in [0.25, 0.3) is 0 Å². The molecule has 0 radical (unpaired) electrons. The van der Waals surface area contributed by atoms with Gasteiger partial charge in [-0.05, 0) is 24.1 Å². The van der Waals surface area contributed by atoms with Gasteiger partial charge in [-0.1, -0.05) is 13.0 Å². The van der Waals surface area contributed by atoms with Crippen LogP contribution in [0.4, 0.5) is 11.4 Å². The molecule has 0 aromatic heterocycles. The maximum absolute atomic E-state index is 11.7. The molecule has 18 heavy (non-hydrogen) atoms. The molecule has 0 saturated carbocycles. The van der Waals surface area contributed by atoms with E-state index < -0.39 is 0 Å². The molecule has 96 valence electrons. The minimum atomic E-state index is -0.226. The van der Waals surface area contributed by atoms with Gasteiger partial charge in [-0.2, -0.15) is 0 Å². The van der Waals surface area contributed by atoms with Crippen molar-refractivity contribution >= 4 is 23.2 Å². The number of anilines is 2. The molecule has 4 N–H and O–H groups in total. The Morgan fingerprint density at radius 1 is 1.50 bits per heavy atom. The molecule has 5 nitrogen and oxygen atoms in total. The van der Waals surface area contributed by atoms with Crippen molar-refractivity contribution in [1.82, 2.24) is 0 Å². The first kappa shape index (κ1) is 12.6. The number of nitrogens with one attached hydrogen (secondary N) is 2. The molecule has 2 rings (SSSR count).